The molecule has 0 radical (unpaired) electrons. The lowest BCUT2D eigenvalue weighted by atomic mass is 9.78. The molecule has 0 unspecified atom stereocenters. The second kappa shape index (κ2) is 5.43. The zero-order valence-corrected chi connectivity index (χ0v) is 13.8. The number of rotatable bonds is 2. The SMILES string of the molecule is C=CC(=O)Oc1c(C(C)(C)C)cc(C)cc1C(C)(C)C. The van der Waals surface area contributed by atoms with Gasteiger partial charge < -0.3 is 4.74 Å². The summed E-state index contributed by atoms with van der Waals surface area (Å²) in [5.41, 5.74) is 3.10. The van der Waals surface area contributed by atoms with Gasteiger partial charge >= 0.3 is 5.97 Å². The maximum Gasteiger partial charge on any atom is 0.335 e. The molecule has 0 fully saturated rings. The molecule has 1 aromatic carbocycles. The van der Waals surface area contributed by atoms with Gasteiger partial charge in [0.25, 0.3) is 0 Å². The minimum atomic E-state index is -0.412. The molecule has 0 aliphatic heterocycles. The number of benzene rings is 1. The number of ether oxygens (including phenoxy) is 1. The van der Waals surface area contributed by atoms with Crippen molar-refractivity contribution in [1.82, 2.24) is 0 Å². The fraction of sp³-hybridized carbons (Fsp3) is 0.500. The normalized spacial score (nSPS) is 12.2. The van der Waals surface area contributed by atoms with Gasteiger partial charge in [0.15, 0.2) is 0 Å². The second-order valence-electron chi connectivity index (χ2n) is 7.31. The fourth-order valence-corrected chi connectivity index (χ4v) is 2.14. The molecule has 0 atom stereocenters. The number of carbonyl (C=O) groups excluding carboxylic acids is 1. The summed E-state index contributed by atoms with van der Waals surface area (Å²) in [4.78, 5) is 11.7. The molecule has 1 aromatic rings. The van der Waals surface area contributed by atoms with Crippen molar-refractivity contribution in [3.05, 3.63) is 41.5 Å². The Hall–Kier alpha value is -1.57. The summed E-state index contributed by atoms with van der Waals surface area (Å²) < 4.78 is 5.58. The van der Waals surface area contributed by atoms with Crippen molar-refractivity contribution in [3.63, 3.8) is 0 Å². The maximum absolute atomic E-state index is 11.7. The van der Waals surface area contributed by atoms with Crippen LogP contribution in [0.5, 0.6) is 5.75 Å². The van der Waals surface area contributed by atoms with E-state index in [0.717, 1.165) is 11.1 Å². The van der Waals surface area contributed by atoms with E-state index in [-0.39, 0.29) is 10.8 Å². The van der Waals surface area contributed by atoms with Crippen LogP contribution in [0.1, 0.15) is 58.2 Å². The Kier molecular flexibility index (Phi) is 4.48. The molecule has 2 nitrogen and oxygen atoms in total. The van der Waals surface area contributed by atoms with Gasteiger partial charge in [0.1, 0.15) is 5.75 Å². The molecule has 0 saturated heterocycles. The Morgan fingerprint density at radius 2 is 1.45 bits per heavy atom. The van der Waals surface area contributed by atoms with Crippen molar-refractivity contribution in [3.8, 4) is 5.75 Å². The van der Waals surface area contributed by atoms with Gasteiger partial charge in [-0.15, -0.1) is 0 Å². The third-order valence-corrected chi connectivity index (χ3v) is 3.22. The number of hydrogen-bond acceptors (Lipinski definition) is 2. The fourth-order valence-electron chi connectivity index (χ4n) is 2.14. The number of carbonyl (C=O) groups is 1. The Bertz CT molecular complexity index is 490. The Labute approximate surface area is 122 Å². The number of esters is 1. The summed E-state index contributed by atoms with van der Waals surface area (Å²) in [6.45, 7) is 18.3. The standard InChI is InChI=1S/C18H26O2/c1-9-15(19)20-16-13(17(3,4)5)10-12(2)11-14(16)18(6,7)8/h9-11H,1H2,2-8H3. The third-order valence-electron chi connectivity index (χ3n) is 3.22. The van der Waals surface area contributed by atoms with E-state index in [1.807, 2.05) is 0 Å². The van der Waals surface area contributed by atoms with E-state index in [1.54, 1.807) is 0 Å². The molecule has 110 valence electrons. The van der Waals surface area contributed by atoms with E-state index in [9.17, 15) is 4.79 Å². The monoisotopic (exact) mass is 274 g/mol. The molecule has 0 N–H and O–H groups in total. The Balaban J connectivity index is 3.62. The summed E-state index contributed by atoms with van der Waals surface area (Å²) in [6.07, 6.45) is 1.21. The zero-order chi connectivity index (χ0) is 15.7. The molecule has 0 spiro atoms. The van der Waals surface area contributed by atoms with Gasteiger partial charge in [-0.25, -0.2) is 4.79 Å². The van der Waals surface area contributed by atoms with Gasteiger partial charge in [-0.05, 0) is 17.8 Å². The highest BCUT2D eigenvalue weighted by atomic mass is 16.5. The molecule has 0 bridgehead atoms. The van der Waals surface area contributed by atoms with E-state index < -0.39 is 5.97 Å². The van der Waals surface area contributed by atoms with Crippen LogP contribution < -0.4 is 4.74 Å². The van der Waals surface area contributed by atoms with E-state index in [1.165, 1.54) is 11.6 Å². The molecular formula is C18H26O2. The average Bonchev–Trinajstić information content (AvgIpc) is 2.27. The molecule has 0 aliphatic carbocycles. The predicted octanol–water partition coefficient (Wildman–Crippen LogP) is 4.68. The number of hydrogen-bond donors (Lipinski definition) is 0. The largest absolute Gasteiger partial charge is 0.423 e. The first kappa shape index (κ1) is 16.5. The van der Waals surface area contributed by atoms with Crippen LogP contribution in [0.15, 0.2) is 24.8 Å². The van der Waals surface area contributed by atoms with E-state index in [2.05, 4.69) is 67.2 Å². The smallest absolute Gasteiger partial charge is 0.335 e. The molecule has 0 aromatic heterocycles. The van der Waals surface area contributed by atoms with Crippen LogP contribution in [-0.2, 0) is 15.6 Å². The van der Waals surface area contributed by atoms with Gasteiger partial charge in [-0.2, -0.15) is 0 Å². The summed E-state index contributed by atoms with van der Waals surface area (Å²) in [5.74, 6) is 0.269. The lowest BCUT2D eigenvalue weighted by Crippen LogP contribution is -2.21. The van der Waals surface area contributed by atoms with Gasteiger partial charge in [0.2, 0.25) is 0 Å². The lowest BCUT2D eigenvalue weighted by molar-refractivity contribution is -0.129. The average molecular weight is 274 g/mol. The minimum absolute atomic E-state index is 0.0944. The second-order valence-corrected chi connectivity index (χ2v) is 7.31. The lowest BCUT2D eigenvalue weighted by Gasteiger charge is -2.29. The molecule has 20 heavy (non-hydrogen) atoms. The van der Waals surface area contributed by atoms with E-state index in [4.69, 9.17) is 4.74 Å². The van der Waals surface area contributed by atoms with Crippen LogP contribution in [0.25, 0.3) is 0 Å². The summed E-state index contributed by atoms with van der Waals surface area (Å²) >= 11 is 0. The first-order valence-corrected chi connectivity index (χ1v) is 6.96. The van der Waals surface area contributed by atoms with Gasteiger partial charge in [-0.1, -0.05) is 65.8 Å². The summed E-state index contributed by atoms with van der Waals surface area (Å²) in [5, 5.41) is 0. The molecular weight excluding hydrogens is 248 g/mol. The maximum atomic E-state index is 11.7. The molecule has 2 heteroatoms. The van der Waals surface area contributed by atoms with Gasteiger partial charge in [0, 0.05) is 17.2 Å². The Morgan fingerprint density at radius 1 is 1.05 bits per heavy atom. The highest BCUT2D eigenvalue weighted by molar-refractivity contribution is 5.84. The highest BCUT2D eigenvalue weighted by Gasteiger charge is 2.28. The Morgan fingerprint density at radius 3 is 1.75 bits per heavy atom. The van der Waals surface area contributed by atoms with Gasteiger partial charge in [0.05, 0.1) is 0 Å². The molecule has 0 aliphatic rings. The van der Waals surface area contributed by atoms with Crippen molar-refractivity contribution in [2.75, 3.05) is 0 Å². The van der Waals surface area contributed by atoms with Crippen molar-refractivity contribution < 1.29 is 9.53 Å². The highest BCUT2D eigenvalue weighted by Crippen LogP contribution is 2.40. The molecule has 1 rings (SSSR count). The topological polar surface area (TPSA) is 26.3 Å². The van der Waals surface area contributed by atoms with Gasteiger partial charge in [-0.3, -0.25) is 0 Å². The van der Waals surface area contributed by atoms with Crippen LogP contribution in [-0.4, -0.2) is 5.97 Å². The van der Waals surface area contributed by atoms with Crippen LogP contribution in [0, 0.1) is 6.92 Å². The van der Waals surface area contributed by atoms with Crippen molar-refractivity contribution >= 4 is 5.97 Å². The molecule has 0 saturated carbocycles. The van der Waals surface area contributed by atoms with Crippen LogP contribution in [0.4, 0.5) is 0 Å². The summed E-state index contributed by atoms with van der Waals surface area (Å²) in [7, 11) is 0. The molecule has 0 heterocycles. The number of aryl methyl sites for hydroxylation is 1. The van der Waals surface area contributed by atoms with E-state index in [0.29, 0.717) is 5.75 Å². The first-order chi connectivity index (χ1) is 8.96. The summed E-state index contributed by atoms with van der Waals surface area (Å²) in [6, 6.07) is 4.20. The van der Waals surface area contributed by atoms with Crippen molar-refractivity contribution in [2.45, 2.75) is 59.3 Å². The third kappa shape index (κ3) is 3.72. The van der Waals surface area contributed by atoms with E-state index >= 15 is 0 Å². The predicted molar refractivity (Wildman–Crippen MR) is 84.4 cm³/mol. The molecule has 0 amide bonds. The van der Waals surface area contributed by atoms with Crippen LogP contribution in [0.3, 0.4) is 0 Å². The van der Waals surface area contributed by atoms with Crippen molar-refractivity contribution in [1.29, 1.82) is 0 Å². The first-order valence-electron chi connectivity index (χ1n) is 6.96. The minimum Gasteiger partial charge on any atom is -0.423 e. The van der Waals surface area contributed by atoms with Crippen LogP contribution >= 0.6 is 0 Å². The quantitative estimate of drug-likeness (QED) is 0.444. The van der Waals surface area contributed by atoms with Crippen LogP contribution in [0.2, 0.25) is 0 Å². The zero-order valence-electron chi connectivity index (χ0n) is 13.8. The van der Waals surface area contributed by atoms with Crippen molar-refractivity contribution in [2.24, 2.45) is 0 Å².